The number of rotatable bonds is 3. The lowest BCUT2D eigenvalue weighted by Crippen LogP contribution is -2.47. The van der Waals surface area contributed by atoms with Crippen molar-refractivity contribution in [1.29, 1.82) is 0 Å². The smallest absolute Gasteiger partial charge is 0.193 e. The molecule has 2 heterocycles. The van der Waals surface area contributed by atoms with Gasteiger partial charge in [0.25, 0.3) is 0 Å². The number of fused-ring (bicyclic) bond motifs is 1. The van der Waals surface area contributed by atoms with E-state index < -0.39 is 0 Å². The third kappa shape index (κ3) is 4.55. The maximum absolute atomic E-state index is 9.60. The molecule has 1 aliphatic heterocycles. The van der Waals surface area contributed by atoms with E-state index in [1.165, 1.54) is 10.9 Å². The van der Waals surface area contributed by atoms with Crippen molar-refractivity contribution < 1.29 is 5.11 Å². The van der Waals surface area contributed by atoms with Crippen molar-refractivity contribution in [2.75, 3.05) is 26.7 Å². The molecule has 5 nitrogen and oxygen atoms in total. The fraction of sp³-hybridized carbons (Fsp3) is 0.471. The normalized spacial score (nSPS) is 16.3. The minimum atomic E-state index is -0.166. The lowest BCUT2D eigenvalue weighted by molar-refractivity contribution is 0.108. The van der Waals surface area contributed by atoms with E-state index in [9.17, 15) is 5.11 Å². The lowest BCUT2D eigenvalue weighted by Gasteiger charge is -2.32. The number of halogens is 2. The molecule has 132 valence electrons. The summed E-state index contributed by atoms with van der Waals surface area (Å²) in [5, 5.41) is 15.0. The van der Waals surface area contributed by atoms with Crippen molar-refractivity contribution in [3.63, 3.8) is 0 Å². The van der Waals surface area contributed by atoms with E-state index in [2.05, 4.69) is 20.2 Å². The van der Waals surface area contributed by atoms with Gasteiger partial charge in [-0.05, 0) is 43.0 Å². The van der Waals surface area contributed by atoms with Crippen LogP contribution in [0.5, 0.6) is 0 Å². The molecule has 0 unspecified atom stereocenters. The second-order valence-electron chi connectivity index (χ2n) is 5.95. The first kappa shape index (κ1) is 19.3. The van der Waals surface area contributed by atoms with Crippen LogP contribution in [0.2, 0.25) is 5.02 Å². The molecule has 0 radical (unpaired) electrons. The van der Waals surface area contributed by atoms with Crippen molar-refractivity contribution in [3.8, 4) is 0 Å². The van der Waals surface area contributed by atoms with Gasteiger partial charge in [-0.25, -0.2) is 0 Å². The largest absolute Gasteiger partial charge is 0.393 e. The summed E-state index contributed by atoms with van der Waals surface area (Å²) in [5.74, 6) is 0.912. The molecule has 3 N–H and O–H groups in total. The maximum Gasteiger partial charge on any atom is 0.193 e. The monoisotopic (exact) mass is 462 g/mol. The van der Waals surface area contributed by atoms with Crippen LogP contribution >= 0.6 is 35.6 Å². The van der Waals surface area contributed by atoms with Gasteiger partial charge in [-0.15, -0.1) is 24.0 Å². The van der Waals surface area contributed by atoms with Crippen LogP contribution in [0.1, 0.15) is 18.4 Å². The van der Waals surface area contributed by atoms with Gasteiger partial charge >= 0.3 is 0 Å². The molecule has 1 aliphatic rings. The van der Waals surface area contributed by atoms with E-state index in [1.54, 1.807) is 7.05 Å². The number of aromatic amines is 1. The zero-order valence-corrected chi connectivity index (χ0v) is 16.8. The van der Waals surface area contributed by atoms with Crippen LogP contribution in [0, 0.1) is 0 Å². The number of hydrogen-bond acceptors (Lipinski definition) is 2. The molecule has 3 rings (SSSR count). The summed E-state index contributed by atoms with van der Waals surface area (Å²) in [4.78, 5) is 9.84. The predicted molar refractivity (Wildman–Crippen MR) is 111 cm³/mol. The van der Waals surface area contributed by atoms with Crippen LogP contribution in [0.15, 0.2) is 29.4 Å². The van der Waals surface area contributed by atoms with Crippen molar-refractivity contribution in [3.05, 3.63) is 35.0 Å². The van der Waals surface area contributed by atoms with Gasteiger partial charge in [-0.1, -0.05) is 11.6 Å². The molecule has 1 aromatic heterocycles. The van der Waals surface area contributed by atoms with Gasteiger partial charge in [0.2, 0.25) is 0 Å². The molecule has 2 aromatic rings. The second kappa shape index (κ2) is 8.92. The highest BCUT2D eigenvalue weighted by Gasteiger charge is 2.19. The number of likely N-dealkylation sites (tertiary alicyclic amines) is 1. The van der Waals surface area contributed by atoms with Crippen LogP contribution in [0.25, 0.3) is 10.9 Å². The molecule has 24 heavy (non-hydrogen) atoms. The number of aliphatic hydroxyl groups excluding tert-OH is 1. The van der Waals surface area contributed by atoms with Gasteiger partial charge in [0.15, 0.2) is 5.96 Å². The Morgan fingerprint density at radius 2 is 2.17 bits per heavy atom. The highest BCUT2D eigenvalue weighted by atomic mass is 127. The zero-order chi connectivity index (χ0) is 16.2. The van der Waals surface area contributed by atoms with Gasteiger partial charge in [-0.2, -0.15) is 0 Å². The number of guanidine groups is 1. The second-order valence-corrected chi connectivity index (χ2v) is 6.38. The molecule has 0 atom stereocenters. The van der Waals surface area contributed by atoms with E-state index in [-0.39, 0.29) is 30.1 Å². The number of hydrogen-bond donors (Lipinski definition) is 3. The Hall–Kier alpha value is -0.990. The topological polar surface area (TPSA) is 63.7 Å². The first-order chi connectivity index (χ1) is 11.2. The Kier molecular flexibility index (Phi) is 7.18. The van der Waals surface area contributed by atoms with Crippen molar-refractivity contribution in [1.82, 2.24) is 15.2 Å². The number of nitrogens with one attached hydrogen (secondary N) is 2. The average Bonchev–Trinajstić information content (AvgIpc) is 2.95. The van der Waals surface area contributed by atoms with Crippen LogP contribution in [-0.2, 0) is 6.42 Å². The van der Waals surface area contributed by atoms with Crippen molar-refractivity contribution in [2.24, 2.45) is 4.99 Å². The standard InChI is InChI=1S/C17H23ClN4O.HI/c1-19-17(22-8-5-14(23)6-9-22)20-7-4-12-11-21-16-3-2-13(18)10-15(12)16;/h2-3,10-11,14,21,23H,4-9H2,1H3,(H,19,20);1H. The molecule has 1 fully saturated rings. The van der Waals surface area contributed by atoms with E-state index in [1.807, 2.05) is 24.4 Å². The molecule has 0 bridgehead atoms. The minimum Gasteiger partial charge on any atom is -0.393 e. The van der Waals surface area contributed by atoms with Crippen LogP contribution in [-0.4, -0.2) is 53.7 Å². The summed E-state index contributed by atoms with van der Waals surface area (Å²) < 4.78 is 0. The summed E-state index contributed by atoms with van der Waals surface area (Å²) in [6.45, 7) is 2.51. The molecule has 0 saturated carbocycles. The summed E-state index contributed by atoms with van der Waals surface area (Å²) in [6.07, 6.45) is 4.39. The number of nitrogens with zero attached hydrogens (tertiary/aromatic N) is 2. The van der Waals surface area contributed by atoms with E-state index in [0.29, 0.717) is 0 Å². The highest BCUT2D eigenvalue weighted by molar-refractivity contribution is 14.0. The molecule has 1 saturated heterocycles. The third-order valence-corrected chi connectivity index (χ3v) is 4.62. The Balaban J connectivity index is 0.00000208. The first-order valence-electron chi connectivity index (χ1n) is 8.06. The molecule has 0 amide bonds. The summed E-state index contributed by atoms with van der Waals surface area (Å²) in [6, 6.07) is 5.91. The Morgan fingerprint density at radius 1 is 1.42 bits per heavy atom. The highest BCUT2D eigenvalue weighted by Crippen LogP contribution is 2.22. The zero-order valence-electron chi connectivity index (χ0n) is 13.8. The number of aromatic nitrogens is 1. The van der Waals surface area contributed by atoms with Crippen LogP contribution < -0.4 is 5.32 Å². The molecular formula is C17H24ClIN4O. The van der Waals surface area contributed by atoms with E-state index in [4.69, 9.17) is 11.6 Å². The number of aliphatic imine (C=N–C) groups is 1. The number of piperidine rings is 1. The van der Waals surface area contributed by atoms with Crippen molar-refractivity contribution in [2.45, 2.75) is 25.4 Å². The summed E-state index contributed by atoms with van der Waals surface area (Å²) in [7, 11) is 1.80. The number of benzene rings is 1. The first-order valence-corrected chi connectivity index (χ1v) is 8.44. The minimum absolute atomic E-state index is 0. The molecule has 1 aromatic carbocycles. The van der Waals surface area contributed by atoms with E-state index in [0.717, 1.165) is 55.4 Å². The Morgan fingerprint density at radius 3 is 2.88 bits per heavy atom. The summed E-state index contributed by atoms with van der Waals surface area (Å²) in [5.41, 5.74) is 2.36. The summed E-state index contributed by atoms with van der Waals surface area (Å²) >= 11 is 6.09. The van der Waals surface area contributed by atoms with E-state index >= 15 is 0 Å². The van der Waals surface area contributed by atoms with Gasteiger partial charge < -0.3 is 20.3 Å². The molecule has 0 spiro atoms. The van der Waals surface area contributed by atoms with Gasteiger partial charge in [0.05, 0.1) is 6.10 Å². The quantitative estimate of drug-likeness (QED) is 0.373. The number of H-pyrrole nitrogens is 1. The average molecular weight is 463 g/mol. The van der Waals surface area contributed by atoms with Gasteiger partial charge in [0, 0.05) is 48.8 Å². The van der Waals surface area contributed by atoms with Crippen molar-refractivity contribution >= 4 is 52.4 Å². The van der Waals surface area contributed by atoms with Crippen LogP contribution in [0.3, 0.4) is 0 Å². The fourth-order valence-electron chi connectivity index (χ4n) is 3.08. The number of aliphatic hydroxyl groups is 1. The molecule has 7 heteroatoms. The fourth-order valence-corrected chi connectivity index (χ4v) is 3.25. The van der Waals surface area contributed by atoms with Crippen LogP contribution in [0.4, 0.5) is 0 Å². The maximum atomic E-state index is 9.60. The van der Waals surface area contributed by atoms with Gasteiger partial charge in [0.1, 0.15) is 0 Å². The third-order valence-electron chi connectivity index (χ3n) is 4.38. The lowest BCUT2D eigenvalue weighted by atomic mass is 10.1. The predicted octanol–water partition coefficient (Wildman–Crippen LogP) is 3.01. The SMILES string of the molecule is CN=C(NCCc1c[nH]c2ccc(Cl)cc12)N1CCC(O)CC1.I. The Labute approximate surface area is 164 Å². The molecular weight excluding hydrogens is 439 g/mol. The Bertz CT molecular complexity index is 695. The molecule has 0 aliphatic carbocycles. The van der Waals surface area contributed by atoms with Gasteiger partial charge in [-0.3, -0.25) is 4.99 Å².